The van der Waals surface area contributed by atoms with Crippen molar-refractivity contribution in [2.45, 2.75) is 0 Å². The van der Waals surface area contributed by atoms with Gasteiger partial charge in [0.25, 0.3) is 0 Å². The van der Waals surface area contributed by atoms with Crippen LogP contribution in [0.5, 0.6) is 0 Å². The number of fused-ring (bicyclic) bond motifs is 6. The summed E-state index contributed by atoms with van der Waals surface area (Å²) in [5.74, 6) is 0.556. The Balaban J connectivity index is 1.16. The summed E-state index contributed by atoms with van der Waals surface area (Å²) in [5, 5.41) is 4.30. The maximum Gasteiger partial charge on any atom is 0.164 e. The number of hydrogen-bond donors (Lipinski definition) is 0. The molecule has 7 aromatic carbocycles. The molecule has 0 saturated heterocycles. The predicted octanol–water partition coefficient (Wildman–Crippen LogP) is 12.5. The summed E-state index contributed by atoms with van der Waals surface area (Å²) < 4.78 is 51.0. The van der Waals surface area contributed by atoms with Crippen LogP contribution in [0.2, 0.25) is 0 Å². The van der Waals surface area contributed by atoms with Gasteiger partial charge in [-0.1, -0.05) is 139 Å². The van der Waals surface area contributed by atoms with Gasteiger partial charge in [-0.05, 0) is 46.5 Å². The molecule has 0 fully saturated rings. The van der Waals surface area contributed by atoms with Gasteiger partial charge >= 0.3 is 0 Å². The number of aromatic nitrogens is 3. The fraction of sp³-hybridized carbons (Fsp3) is 0. The Morgan fingerprint density at radius 2 is 0.980 bits per heavy atom. The molecule has 10 rings (SSSR count). The molecule has 5 heteroatoms. The van der Waals surface area contributed by atoms with E-state index in [4.69, 9.17) is 26.2 Å². The highest BCUT2D eigenvalue weighted by atomic mass is 32.1. The molecule has 0 aliphatic carbocycles. The van der Waals surface area contributed by atoms with Gasteiger partial charge in [0.1, 0.15) is 11.2 Å². The fourth-order valence-electron chi connectivity index (χ4n) is 6.69. The standard InChI is InChI=1S/C45H27N3OS/c1-3-12-28(13-4-1)33-19-10-21-37-38-22-11-20-34(42(38)50-41(33)37)30-16-9-17-31(26-30)44-46-43(29-14-5-2-6-15-29)47-45(48-44)32-24-25-36-35-18-7-8-23-39(35)49-40(36)27-32/h1-27H/i2D,5D,6D,14D,15D. The molecule has 10 aromatic rings. The third kappa shape index (κ3) is 4.79. The number of nitrogens with zero attached hydrogens (tertiary/aromatic N) is 3. The molecule has 0 bridgehead atoms. The maximum atomic E-state index is 8.75. The van der Waals surface area contributed by atoms with Crippen LogP contribution in [-0.4, -0.2) is 15.0 Å². The molecule has 0 aliphatic rings. The largest absolute Gasteiger partial charge is 0.456 e. The van der Waals surface area contributed by atoms with Crippen molar-refractivity contribution in [1.82, 2.24) is 15.0 Å². The highest BCUT2D eigenvalue weighted by Crippen LogP contribution is 2.44. The summed E-state index contributed by atoms with van der Waals surface area (Å²) in [6.07, 6.45) is 0. The topological polar surface area (TPSA) is 51.8 Å². The van der Waals surface area contributed by atoms with Crippen molar-refractivity contribution in [3.8, 4) is 56.4 Å². The van der Waals surface area contributed by atoms with Crippen LogP contribution in [0.4, 0.5) is 0 Å². The molecule has 3 heterocycles. The lowest BCUT2D eigenvalue weighted by Gasteiger charge is -2.10. The molecule has 0 N–H and O–H groups in total. The summed E-state index contributed by atoms with van der Waals surface area (Å²) in [6.45, 7) is 0. The molecular formula is C45H27N3OS. The monoisotopic (exact) mass is 662 g/mol. The third-order valence-corrected chi connectivity index (χ3v) is 10.3. The van der Waals surface area contributed by atoms with Crippen LogP contribution >= 0.6 is 11.3 Å². The van der Waals surface area contributed by atoms with Crippen LogP contribution in [0, 0.1) is 0 Å². The van der Waals surface area contributed by atoms with Gasteiger partial charge in [0, 0.05) is 47.6 Å². The van der Waals surface area contributed by atoms with Crippen molar-refractivity contribution in [2.24, 2.45) is 0 Å². The van der Waals surface area contributed by atoms with Gasteiger partial charge in [-0.3, -0.25) is 0 Å². The number of para-hydroxylation sites is 1. The van der Waals surface area contributed by atoms with E-state index in [1.165, 1.54) is 26.6 Å². The summed E-state index contributed by atoms with van der Waals surface area (Å²) in [7, 11) is 0. The maximum absolute atomic E-state index is 8.75. The zero-order chi connectivity index (χ0) is 37.4. The summed E-state index contributed by atoms with van der Waals surface area (Å²) >= 11 is 1.77. The van der Waals surface area contributed by atoms with Crippen LogP contribution in [0.3, 0.4) is 0 Å². The Hall–Kier alpha value is -6.43. The Morgan fingerprint density at radius 3 is 1.74 bits per heavy atom. The van der Waals surface area contributed by atoms with Crippen LogP contribution in [0.15, 0.2) is 168 Å². The first-order chi connectivity index (χ1) is 26.8. The van der Waals surface area contributed by atoms with Crippen molar-refractivity contribution in [1.29, 1.82) is 0 Å². The lowest BCUT2D eigenvalue weighted by atomic mass is 9.99. The molecule has 50 heavy (non-hydrogen) atoms. The van der Waals surface area contributed by atoms with Crippen LogP contribution in [0.1, 0.15) is 6.85 Å². The number of thiophene rings is 1. The zero-order valence-corrected chi connectivity index (χ0v) is 27.2. The SMILES string of the molecule is [2H]c1c([2H])c([2H])c(-c2nc(-c3cccc(-c4cccc5c4sc4c(-c6ccccc6)cccc45)c3)nc(-c3ccc4c(c3)oc3ccccc34)n2)c([2H])c1[2H]. The van der Waals surface area contributed by atoms with E-state index in [0.29, 0.717) is 22.5 Å². The Kier molecular flexibility index (Phi) is 5.54. The normalized spacial score (nSPS) is 13.0. The molecule has 0 aliphatic heterocycles. The van der Waals surface area contributed by atoms with E-state index in [1.807, 2.05) is 66.7 Å². The molecule has 0 spiro atoms. The molecule has 0 atom stereocenters. The van der Waals surface area contributed by atoms with E-state index >= 15 is 0 Å². The predicted molar refractivity (Wildman–Crippen MR) is 207 cm³/mol. The number of benzene rings is 7. The minimum absolute atomic E-state index is 0.0212. The average Bonchev–Trinajstić information content (AvgIpc) is 3.81. The van der Waals surface area contributed by atoms with Crippen LogP contribution in [-0.2, 0) is 0 Å². The summed E-state index contributed by atoms with van der Waals surface area (Å²) in [4.78, 5) is 14.5. The molecule has 4 nitrogen and oxygen atoms in total. The van der Waals surface area contributed by atoms with Gasteiger partial charge in [0.2, 0.25) is 0 Å². The number of rotatable bonds is 5. The molecule has 0 unspecified atom stereocenters. The van der Waals surface area contributed by atoms with Gasteiger partial charge in [-0.2, -0.15) is 0 Å². The first-order valence-corrected chi connectivity index (χ1v) is 17.0. The highest BCUT2D eigenvalue weighted by Gasteiger charge is 2.17. The number of furan rings is 1. The van der Waals surface area contributed by atoms with E-state index in [-0.39, 0.29) is 29.3 Å². The third-order valence-electron chi connectivity index (χ3n) is 9.04. The lowest BCUT2D eigenvalue weighted by Crippen LogP contribution is -2.00. The zero-order valence-electron chi connectivity index (χ0n) is 31.4. The summed E-state index contributed by atoms with van der Waals surface area (Å²) in [6, 6.07) is 42.6. The molecule has 234 valence electrons. The van der Waals surface area contributed by atoms with Gasteiger partial charge in [0.05, 0.1) is 6.85 Å². The number of hydrogen-bond acceptors (Lipinski definition) is 5. The van der Waals surface area contributed by atoms with E-state index in [9.17, 15) is 0 Å². The minimum Gasteiger partial charge on any atom is -0.456 e. The summed E-state index contributed by atoms with van der Waals surface area (Å²) in [5.41, 5.74) is 7.02. The Labute approximate surface area is 299 Å². The lowest BCUT2D eigenvalue weighted by molar-refractivity contribution is 0.669. The van der Waals surface area contributed by atoms with E-state index in [2.05, 4.69) is 66.7 Å². The second kappa shape index (κ2) is 11.6. The first-order valence-electron chi connectivity index (χ1n) is 18.7. The van der Waals surface area contributed by atoms with Crippen LogP contribution in [0.25, 0.3) is 98.5 Å². The smallest absolute Gasteiger partial charge is 0.164 e. The van der Waals surface area contributed by atoms with Crippen molar-refractivity contribution in [3.63, 3.8) is 0 Å². The quantitative estimate of drug-likeness (QED) is 0.184. The Bertz CT molecular complexity index is 3150. The average molecular weight is 663 g/mol. The van der Waals surface area contributed by atoms with Gasteiger partial charge in [0.15, 0.2) is 17.5 Å². The molecule has 0 saturated carbocycles. The van der Waals surface area contributed by atoms with Crippen molar-refractivity contribution in [2.75, 3.05) is 0 Å². The van der Waals surface area contributed by atoms with Crippen molar-refractivity contribution in [3.05, 3.63) is 164 Å². The van der Waals surface area contributed by atoms with E-state index in [0.717, 1.165) is 32.2 Å². The van der Waals surface area contributed by atoms with E-state index in [1.54, 1.807) is 11.3 Å². The van der Waals surface area contributed by atoms with Crippen molar-refractivity contribution < 1.29 is 11.3 Å². The fourth-order valence-corrected chi connectivity index (χ4v) is 8.06. The second-order valence-corrected chi connectivity index (χ2v) is 13.0. The molecule has 3 aromatic heterocycles. The highest BCUT2D eigenvalue weighted by molar-refractivity contribution is 7.26. The van der Waals surface area contributed by atoms with Gasteiger partial charge in [-0.25, -0.2) is 15.0 Å². The second-order valence-electron chi connectivity index (χ2n) is 12.0. The van der Waals surface area contributed by atoms with Crippen molar-refractivity contribution >= 4 is 53.4 Å². The molecular weight excluding hydrogens is 631 g/mol. The minimum atomic E-state index is -0.484. The molecule has 0 amide bonds. The molecule has 0 radical (unpaired) electrons. The Morgan fingerprint density at radius 1 is 0.420 bits per heavy atom. The van der Waals surface area contributed by atoms with E-state index < -0.39 is 18.1 Å². The first kappa shape index (κ1) is 23.8. The van der Waals surface area contributed by atoms with Gasteiger partial charge < -0.3 is 4.42 Å². The van der Waals surface area contributed by atoms with Crippen LogP contribution < -0.4 is 0 Å². The van der Waals surface area contributed by atoms with Gasteiger partial charge in [-0.15, -0.1) is 11.3 Å².